The minimum Gasteiger partial charge on any atom is -0.381 e. The number of hydrogen-bond donors (Lipinski definition) is 1. The van der Waals surface area contributed by atoms with E-state index in [9.17, 15) is 4.79 Å². The Balaban J connectivity index is 1.57. The monoisotopic (exact) mass is 329 g/mol. The fraction of sp³-hybridized carbons (Fsp3) is 0.667. The van der Waals surface area contributed by atoms with Crippen molar-refractivity contribution in [2.75, 3.05) is 19.8 Å². The molecule has 1 heterocycles. The summed E-state index contributed by atoms with van der Waals surface area (Å²) in [5, 5.41) is 3.24. The van der Waals surface area contributed by atoms with Gasteiger partial charge >= 0.3 is 0 Å². The number of benzene rings is 1. The summed E-state index contributed by atoms with van der Waals surface area (Å²) in [7, 11) is 0. The van der Waals surface area contributed by atoms with Crippen LogP contribution in [0.4, 0.5) is 0 Å². The van der Waals surface area contributed by atoms with Crippen molar-refractivity contribution in [2.24, 2.45) is 5.92 Å². The third kappa shape index (κ3) is 4.38. The van der Waals surface area contributed by atoms with Crippen LogP contribution in [0.25, 0.3) is 0 Å². The molecule has 2 aliphatic rings. The predicted octanol–water partition coefficient (Wildman–Crippen LogP) is 4.13. The minimum atomic E-state index is 0.0367. The second kappa shape index (κ2) is 8.15. The summed E-state index contributed by atoms with van der Waals surface area (Å²) in [6.07, 6.45) is 9.05. The summed E-state index contributed by atoms with van der Waals surface area (Å²) in [5.41, 5.74) is 2.66. The average molecular weight is 329 g/mol. The fourth-order valence-electron chi connectivity index (χ4n) is 4.23. The first-order valence-electron chi connectivity index (χ1n) is 9.60. The van der Waals surface area contributed by atoms with Crippen LogP contribution in [-0.4, -0.2) is 25.7 Å². The zero-order valence-electron chi connectivity index (χ0n) is 15.0. The maximum Gasteiger partial charge on any atom is 0.220 e. The molecule has 0 spiro atoms. The van der Waals surface area contributed by atoms with Crippen molar-refractivity contribution in [3.05, 3.63) is 35.4 Å². The van der Waals surface area contributed by atoms with Gasteiger partial charge in [0.2, 0.25) is 5.91 Å². The quantitative estimate of drug-likeness (QED) is 0.852. The van der Waals surface area contributed by atoms with Crippen LogP contribution >= 0.6 is 0 Å². The molecule has 1 saturated heterocycles. The molecule has 1 aromatic carbocycles. The van der Waals surface area contributed by atoms with Gasteiger partial charge < -0.3 is 10.1 Å². The largest absolute Gasteiger partial charge is 0.381 e. The average Bonchev–Trinajstić information content (AvgIpc) is 3.13. The maximum absolute atomic E-state index is 12.3. The molecule has 1 N–H and O–H groups in total. The number of amides is 1. The number of aryl methyl sites for hydroxylation is 1. The Labute approximate surface area is 146 Å². The van der Waals surface area contributed by atoms with Crippen LogP contribution in [0.3, 0.4) is 0 Å². The molecule has 0 bridgehead atoms. The maximum atomic E-state index is 12.3. The molecular weight excluding hydrogens is 298 g/mol. The third-order valence-corrected chi connectivity index (χ3v) is 5.99. The zero-order valence-corrected chi connectivity index (χ0v) is 15.0. The van der Waals surface area contributed by atoms with Crippen LogP contribution in [0.1, 0.15) is 62.5 Å². The molecule has 1 aliphatic heterocycles. The SMILES string of the molecule is Cc1ccc(C2(CNC(=O)CCC3CCCC3)CCOCC2)cc1. The summed E-state index contributed by atoms with van der Waals surface area (Å²) in [6, 6.07) is 8.81. The van der Waals surface area contributed by atoms with E-state index < -0.39 is 0 Å². The Morgan fingerprint density at radius 3 is 2.50 bits per heavy atom. The molecule has 3 nitrogen and oxygen atoms in total. The van der Waals surface area contributed by atoms with Crippen molar-refractivity contribution >= 4 is 5.91 Å². The summed E-state index contributed by atoms with van der Waals surface area (Å²) < 4.78 is 5.58. The smallest absolute Gasteiger partial charge is 0.220 e. The first-order chi connectivity index (χ1) is 11.7. The topological polar surface area (TPSA) is 38.3 Å². The van der Waals surface area contributed by atoms with Gasteiger partial charge in [0.1, 0.15) is 0 Å². The van der Waals surface area contributed by atoms with E-state index in [4.69, 9.17) is 4.74 Å². The first kappa shape index (κ1) is 17.5. The van der Waals surface area contributed by atoms with Crippen molar-refractivity contribution < 1.29 is 9.53 Å². The second-order valence-electron chi connectivity index (χ2n) is 7.72. The van der Waals surface area contributed by atoms with Crippen molar-refractivity contribution in [3.63, 3.8) is 0 Å². The van der Waals surface area contributed by atoms with E-state index >= 15 is 0 Å². The highest BCUT2D eigenvalue weighted by molar-refractivity contribution is 5.76. The number of carbonyl (C=O) groups is 1. The number of hydrogen-bond acceptors (Lipinski definition) is 2. The number of rotatable bonds is 6. The fourth-order valence-corrected chi connectivity index (χ4v) is 4.23. The van der Waals surface area contributed by atoms with Gasteiger partial charge in [0, 0.05) is 31.6 Å². The Morgan fingerprint density at radius 1 is 1.17 bits per heavy atom. The summed E-state index contributed by atoms with van der Waals surface area (Å²) >= 11 is 0. The van der Waals surface area contributed by atoms with Gasteiger partial charge in [-0.3, -0.25) is 4.79 Å². The minimum absolute atomic E-state index is 0.0367. The number of nitrogens with one attached hydrogen (secondary N) is 1. The van der Waals surface area contributed by atoms with Crippen molar-refractivity contribution in [2.45, 2.75) is 63.7 Å². The van der Waals surface area contributed by atoms with Crippen molar-refractivity contribution in [1.29, 1.82) is 0 Å². The molecule has 3 heteroatoms. The molecule has 132 valence electrons. The van der Waals surface area contributed by atoms with Crippen molar-refractivity contribution in [3.8, 4) is 0 Å². The molecule has 1 amide bonds. The Morgan fingerprint density at radius 2 is 1.83 bits per heavy atom. The zero-order chi connectivity index (χ0) is 16.8. The molecule has 0 atom stereocenters. The number of carbonyl (C=O) groups excluding carboxylic acids is 1. The van der Waals surface area contributed by atoms with Gasteiger partial charge in [-0.25, -0.2) is 0 Å². The molecule has 1 saturated carbocycles. The highest BCUT2D eigenvalue weighted by Gasteiger charge is 2.34. The third-order valence-electron chi connectivity index (χ3n) is 5.99. The second-order valence-corrected chi connectivity index (χ2v) is 7.72. The standard InChI is InChI=1S/C21H31NO2/c1-17-6-9-19(10-7-17)21(12-14-24-15-13-21)16-22-20(23)11-8-18-4-2-3-5-18/h6-7,9-10,18H,2-5,8,11-16H2,1H3,(H,22,23). The lowest BCUT2D eigenvalue weighted by molar-refractivity contribution is -0.121. The molecule has 0 unspecified atom stereocenters. The first-order valence-corrected chi connectivity index (χ1v) is 9.60. The highest BCUT2D eigenvalue weighted by atomic mass is 16.5. The predicted molar refractivity (Wildman–Crippen MR) is 97.1 cm³/mol. The molecule has 0 radical (unpaired) electrons. The van der Waals surface area contributed by atoms with Gasteiger partial charge in [0.25, 0.3) is 0 Å². The van der Waals surface area contributed by atoms with Crippen LogP contribution in [0.2, 0.25) is 0 Å². The number of ether oxygens (including phenoxy) is 1. The van der Waals surface area contributed by atoms with E-state index in [-0.39, 0.29) is 11.3 Å². The Hall–Kier alpha value is -1.35. The van der Waals surface area contributed by atoms with Crippen LogP contribution in [-0.2, 0) is 14.9 Å². The molecule has 24 heavy (non-hydrogen) atoms. The Kier molecular flexibility index (Phi) is 5.94. The van der Waals surface area contributed by atoms with E-state index in [0.29, 0.717) is 6.42 Å². The van der Waals surface area contributed by atoms with Crippen molar-refractivity contribution in [1.82, 2.24) is 5.32 Å². The summed E-state index contributed by atoms with van der Waals surface area (Å²) in [4.78, 5) is 12.3. The summed E-state index contributed by atoms with van der Waals surface area (Å²) in [6.45, 7) is 4.42. The Bertz CT molecular complexity index is 525. The van der Waals surface area contributed by atoms with Crippen LogP contribution in [0.15, 0.2) is 24.3 Å². The van der Waals surface area contributed by atoms with E-state index in [0.717, 1.165) is 44.9 Å². The molecule has 1 aromatic rings. The molecule has 1 aliphatic carbocycles. The van der Waals surface area contributed by atoms with E-state index in [1.54, 1.807) is 0 Å². The van der Waals surface area contributed by atoms with Gasteiger partial charge in [-0.2, -0.15) is 0 Å². The van der Waals surface area contributed by atoms with E-state index in [1.807, 2.05) is 0 Å². The lowest BCUT2D eigenvalue weighted by Crippen LogP contribution is -2.44. The molecule has 3 rings (SSSR count). The van der Waals surface area contributed by atoms with Crippen LogP contribution in [0, 0.1) is 12.8 Å². The van der Waals surface area contributed by atoms with Gasteiger partial charge in [-0.1, -0.05) is 55.5 Å². The molecule has 0 aromatic heterocycles. The van der Waals surface area contributed by atoms with E-state index in [1.165, 1.54) is 36.8 Å². The van der Waals surface area contributed by atoms with Gasteiger partial charge in [-0.15, -0.1) is 0 Å². The van der Waals surface area contributed by atoms with Gasteiger partial charge in [0.05, 0.1) is 0 Å². The van der Waals surface area contributed by atoms with Crippen LogP contribution < -0.4 is 5.32 Å². The molecular formula is C21H31NO2. The van der Waals surface area contributed by atoms with Gasteiger partial charge in [0.15, 0.2) is 0 Å². The molecule has 2 fully saturated rings. The normalized spacial score (nSPS) is 20.9. The van der Waals surface area contributed by atoms with E-state index in [2.05, 4.69) is 36.5 Å². The lowest BCUT2D eigenvalue weighted by Gasteiger charge is -2.38. The summed E-state index contributed by atoms with van der Waals surface area (Å²) in [5.74, 6) is 1.00. The van der Waals surface area contributed by atoms with Gasteiger partial charge in [-0.05, 0) is 37.7 Å². The van der Waals surface area contributed by atoms with Crippen LogP contribution in [0.5, 0.6) is 0 Å². The highest BCUT2D eigenvalue weighted by Crippen LogP contribution is 2.34. The lowest BCUT2D eigenvalue weighted by atomic mass is 9.74.